The minimum atomic E-state index is -0.253. The largest absolute Gasteiger partial charge is 0.454 e. The van der Waals surface area contributed by atoms with Gasteiger partial charge >= 0.3 is 0 Å². The van der Waals surface area contributed by atoms with E-state index in [1.165, 1.54) is 16.9 Å². The number of hydrogen-bond acceptors (Lipinski definition) is 7. The monoisotopic (exact) mass is 504 g/mol. The number of carbonyl (C=O) groups excluding carboxylic acids is 2. The molecule has 0 bridgehead atoms. The highest BCUT2D eigenvalue weighted by atomic mass is 32.1. The van der Waals surface area contributed by atoms with Crippen molar-refractivity contribution >= 4 is 28.3 Å². The molecule has 0 radical (unpaired) electrons. The normalized spacial score (nSPS) is 19.1. The van der Waals surface area contributed by atoms with Crippen LogP contribution in [0.3, 0.4) is 0 Å². The summed E-state index contributed by atoms with van der Waals surface area (Å²) < 4.78 is 10.7. The first-order chi connectivity index (χ1) is 17.6. The number of fused-ring (bicyclic) bond motifs is 2. The van der Waals surface area contributed by atoms with Crippen molar-refractivity contribution in [3.05, 3.63) is 70.2 Å². The van der Waals surface area contributed by atoms with Gasteiger partial charge in [-0.15, -0.1) is 11.3 Å². The van der Waals surface area contributed by atoms with Crippen molar-refractivity contribution in [2.45, 2.75) is 31.7 Å². The van der Waals surface area contributed by atoms with Gasteiger partial charge in [0, 0.05) is 43.2 Å². The molecule has 1 N–H and O–H groups in total. The quantitative estimate of drug-likeness (QED) is 0.568. The Morgan fingerprint density at radius 3 is 2.67 bits per heavy atom. The molecule has 1 aromatic heterocycles. The third-order valence-corrected chi connectivity index (χ3v) is 8.09. The Kier molecular flexibility index (Phi) is 6.33. The molecule has 0 saturated carbocycles. The highest BCUT2D eigenvalue weighted by Crippen LogP contribution is 2.38. The van der Waals surface area contributed by atoms with Gasteiger partial charge in [-0.25, -0.2) is 4.98 Å². The predicted octanol–water partition coefficient (Wildman–Crippen LogP) is 3.89. The van der Waals surface area contributed by atoms with E-state index in [0.29, 0.717) is 22.2 Å². The maximum absolute atomic E-state index is 13.5. The van der Waals surface area contributed by atoms with Crippen LogP contribution in [0.1, 0.15) is 45.3 Å². The Hall–Kier alpha value is -3.43. The summed E-state index contributed by atoms with van der Waals surface area (Å²) in [6.07, 6.45) is 2.64. The number of hydrogen-bond donors (Lipinski definition) is 1. The number of piperazine rings is 1. The third-order valence-electron chi connectivity index (χ3n) is 7.04. The number of amides is 2. The van der Waals surface area contributed by atoms with Crippen LogP contribution in [0.25, 0.3) is 0 Å². The number of aromatic nitrogens is 1. The number of aryl methyl sites for hydroxylation is 1. The summed E-state index contributed by atoms with van der Waals surface area (Å²) in [5, 5.41) is 3.45. The van der Waals surface area contributed by atoms with Gasteiger partial charge in [-0.1, -0.05) is 30.3 Å². The summed E-state index contributed by atoms with van der Waals surface area (Å²) in [6, 6.07) is 15.6. The topological polar surface area (TPSA) is 84.0 Å². The molecule has 3 aliphatic rings. The summed E-state index contributed by atoms with van der Waals surface area (Å²) in [7, 11) is 0. The number of thiazole rings is 1. The van der Waals surface area contributed by atoms with Crippen molar-refractivity contribution in [1.29, 1.82) is 0 Å². The highest BCUT2D eigenvalue weighted by molar-refractivity contribution is 7.16. The van der Waals surface area contributed by atoms with Gasteiger partial charge in [-0.3, -0.25) is 19.8 Å². The zero-order valence-electron chi connectivity index (χ0n) is 19.9. The molecule has 36 heavy (non-hydrogen) atoms. The first-order valence-electron chi connectivity index (χ1n) is 12.4. The molecule has 8 nitrogen and oxygen atoms in total. The summed E-state index contributed by atoms with van der Waals surface area (Å²) in [6.45, 7) is 4.28. The van der Waals surface area contributed by atoms with Crippen molar-refractivity contribution in [1.82, 2.24) is 14.8 Å². The third kappa shape index (κ3) is 4.68. The predicted molar refractivity (Wildman–Crippen MR) is 137 cm³/mol. The number of anilines is 1. The molecule has 2 amide bonds. The Labute approximate surface area is 213 Å². The molecule has 1 saturated heterocycles. The standard InChI is InChI=1S/C27H28N4O4S/c32-25(19-9-10-21-22(15-19)35-17-34-21)29-27-28-24-20(7-4-8-23(24)36-27)26(33)31-13-11-30(12-14-31)16-18-5-2-1-3-6-18/h1-3,5-6,9-10,15,20H,4,7-8,11-14,16-17H2,(H,28,29,32). The second-order valence-corrected chi connectivity index (χ2v) is 10.5. The minimum absolute atomic E-state index is 0.161. The molecular weight excluding hydrogens is 476 g/mol. The van der Waals surface area contributed by atoms with E-state index in [-0.39, 0.29) is 24.5 Å². The van der Waals surface area contributed by atoms with E-state index in [4.69, 9.17) is 14.5 Å². The van der Waals surface area contributed by atoms with Crippen molar-refractivity contribution in [2.75, 3.05) is 38.3 Å². The Morgan fingerprint density at radius 2 is 1.83 bits per heavy atom. The van der Waals surface area contributed by atoms with E-state index >= 15 is 0 Å². The zero-order chi connectivity index (χ0) is 24.5. The van der Waals surface area contributed by atoms with E-state index < -0.39 is 0 Å². The van der Waals surface area contributed by atoms with Gasteiger partial charge in [0.2, 0.25) is 12.7 Å². The zero-order valence-corrected chi connectivity index (χ0v) is 20.8. The molecule has 1 atom stereocenters. The lowest BCUT2D eigenvalue weighted by Gasteiger charge is -2.37. The number of ether oxygens (including phenoxy) is 2. The fourth-order valence-electron chi connectivity index (χ4n) is 5.11. The van der Waals surface area contributed by atoms with Crippen molar-refractivity contribution in [3.63, 3.8) is 0 Å². The van der Waals surface area contributed by atoms with Crippen molar-refractivity contribution in [2.24, 2.45) is 0 Å². The lowest BCUT2D eigenvalue weighted by atomic mass is 9.89. The second-order valence-electron chi connectivity index (χ2n) is 9.38. The average molecular weight is 505 g/mol. The van der Waals surface area contributed by atoms with E-state index in [1.807, 2.05) is 11.0 Å². The molecule has 186 valence electrons. The molecular formula is C27H28N4O4S. The maximum Gasteiger partial charge on any atom is 0.257 e. The lowest BCUT2D eigenvalue weighted by molar-refractivity contribution is -0.135. The summed E-state index contributed by atoms with van der Waals surface area (Å²) in [5.74, 6) is 0.877. The summed E-state index contributed by atoms with van der Waals surface area (Å²) >= 11 is 1.48. The molecule has 3 aromatic rings. The highest BCUT2D eigenvalue weighted by Gasteiger charge is 2.34. The molecule has 3 heterocycles. The van der Waals surface area contributed by atoms with Crippen LogP contribution in [0.4, 0.5) is 5.13 Å². The Bertz CT molecular complexity index is 1270. The number of nitrogens with one attached hydrogen (secondary N) is 1. The van der Waals surface area contributed by atoms with Crippen LogP contribution in [-0.4, -0.2) is 59.6 Å². The van der Waals surface area contributed by atoms with Gasteiger partial charge in [0.1, 0.15) is 0 Å². The van der Waals surface area contributed by atoms with Gasteiger partial charge in [0.05, 0.1) is 11.6 Å². The van der Waals surface area contributed by atoms with Crippen LogP contribution in [-0.2, 0) is 17.8 Å². The van der Waals surface area contributed by atoms with Gasteiger partial charge in [0.15, 0.2) is 16.6 Å². The van der Waals surface area contributed by atoms with Gasteiger partial charge < -0.3 is 14.4 Å². The van der Waals surface area contributed by atoms with E-state index in [2.05, 4.69) is 34.5 Å². The van der Waals surface area contributed by atoms with Gasteiger partial charge in [-0.2, -0.15) is 0 Å². The van der Waals surface area contributed by atoms with Crippen LogP contribution < -0.4 is 14.8 Å². The molecule has 1 unspecified atom stereocenters. The smallest absolute Gasteiger partial charge is 0.257 e. The van der Waals surface area contributed by atoms with Crippen LogP contribution in [0.15, 0.2) is 48.5 Å². The molecule has 2 aliphatic heterocycles. The second kappa shape index (κ2) is 9.91. The van der Waals surface area contributed by atoms with E-state index in [9.17, 15) is 9.59 Å². The maximum atomic E-state index is 13.5. The molecule has 1 fully saturated rings. The molecule has 0 spiro atoms. The average Bonchev–Trinajstić information content (AvgIpc) is 3.55. The van der Waals surface area contributed by atoms with Crippen LogP contribution >= 0.6 is 11.3 Å². The fourth-order valence-corrected chi connectivity index (χ4v) is 6.17. The van der Waals surface area contributed by atoms with Crippen LogP contribution in [0, 0.1) is 0 Å². The van der Waals surface area contributed by atoms with Gasteiger partial charge in [0.25, 0.3) is 5.91 Å². The summed E-state index contributed by atoms with van der Waals surface area (Å²) in [5.41, 5.74) is 2.62. The molecule has 1 aliphatic carbocycles. The summed E-state index contributed by atoms with van der Waals surface area (Å²) in [4.78, 5) is 36.6. The number of carbonyl (C=O) groups is 2. The van der Waals surface area contributed by atoms with Crippen molar-refractivity contribution in [3.8, 4) is 11.5 Å². The number of nitrogens with zero attached hydrogens (tertiary/aromatic N) is 3. The SMILES string of the molecule is O=C(Nc1nc2c(s1)CCCC2C(=O)N1CCN(Cc2ccccc2)CC1)c1ccc2c(c1)OCO2. The molecule has 2 aromatic carbocycles. The first-order valence-corrected chi connectivity index (χ1v) is 13.2. The molecule has 6 rings (SSSR count). The van der Waals surface area contributed by atoms with Crippen LogP contribution in [0.5, 0.6) is 11.5 Å². The number of rotatable bonds is 5. The Balaban J connectivity index is 1.10. The minimum Gasteiger partial charge on any atom is -0.454 e. The Morgan fingerprint density at radius 1 is 1.03 bits per heavy atom. The van der Waals surface area contributed by atoms with Crippen molar-refractivity contribution < 1.29 is 19.1 Å². The van der Waals surface area contributed by atoms with Crippen LogP contribution in [0.2, 0.25) is 0 Å². The van der Waals surface area contributed by atoms with E-state index in [0.717, 1.165) is 62.6 Å². The lowest BCUT2D eigenvalue weighted by Crippen LogP contribution is -2.49. The van der Waals surface area contributed by atoms with Gasteiger partial charge in [-0.05, 0) is 43.0 Å². The first kappa shape index (κ1) is 23.0. The fraction of sp³-hybridized carbons (Fsp3) is 0.370. The molecule has 9 heteroatoms. The number of benzene rings is 2. The van der Waals surface area contributed by atoms with E-state index in [1.54, 1.807) is 18.2 Å².